The van der Waals surface area contributed by atoms with Gasteiger partial charge in [0.1, 0.15) is 0 Å². The molecule has 1 fully saturated rings. The molecule has 0 spiro atoms. The van der Waals surface area contributed by atoms with Gasteiger partial charge in [0.2, 0.25) is 0 Å². The summed E-state index contributed by atoms with van der Waals surface area (Å²) in [5.41, 5.74) is 1.72. The number of hydrogen-bond acceptors (Lipinski definition) is 4. The summed E-state index contributed by atoms with van der Waals surface area (Å²) in [6.45, 7) is 0.469. The Bertz CT molecular complexity index is 715. The van der Waals surface area contributed by atoms with Crippen molar-refractivity contribution in [3.8, 4) is 11.5 Å². The number of pyridine rings is 1. The number of carbonyl (C=O) groups excluding carboxylic acids is 1. The molecule has 3 rings (SSSR count). The standard InChI is InChI=1S/C18H21N3O3/c1-23-15-4-3-14(11-16(15)24-2)18(7-8-18)21-17(22)20-12-13-5-9-19-10-6-13/h3-6,9-11H,7-8,12H2,1-2H3,(H2,20,21,22). The fraction of sp³-hybridized carbons (Fsp3) is 0.333. The average molecular weight is 327 g/mol. The van der Waals surface area contributed by atoms with Crippen molar-refractivity contribution >= 4 is 6.03 Å². The second-order valence-corrected chi connectivity index (χ2v) is 5.82. The minimum Gasteiger partial charge on any atom is -0.493 e. The largest absolute Gasteiger partial charge is 0.493 e. The highest BCUT2D eigenvalue weighted by Gasteiger charge is 2.46. The zero-order valence-electron chi connectivity index (χ0n) is 13.8. The van der Waals surface area contributed by atoms with Gasteiger partial charge < -0.3 is 20.1 Å². The third-order valence-corrected chi connectivity index (χ3v) is 4.24. The first-order valence-corrected chi connectivity index (χ1v) is 7.84. The van der Waals surface area contributed by atoms with E-state index in [-0.39, 0.29) is 11.6 Å². The molecule has 0 saturated heterocycles. The molecule has 2 amide bonds. The van der Waals surface area contributed by atoms with E-state index in [4.69, 9.17) is 9.47 Å². The molecular formula is C18H21N3O3. The maximum Gasteiger partial charge on any atom is 0.315 e. The fourth-order valence-electron chi connectivity index (χ4n) is 2.69. The highest BCUT2D eigenvalue weighted by Crippen LogP contribution is 2.47. The second kappa shape index (κ2) is 6.78. The molecule has 126 valence electrons. The molecule has 24 heavy (non-hydrogen) atoms. The number of nitrogens with one attached hydrogen (secondary N) is 2. The first-order valence-electron chi connectivity index (χ1n) is 7.84. The van der Waals surface area contributed by atoms with Gasteiger partial charge in [0.25, 0.3) is 0 Å². The van der Waals surface area contributed by atoms with E-state index in [1.165, 1.54) is 0 Å². The van der Waals surface area contributed by atoms with Crippen LogP contribution in [0.3, 0.4) is 0 Å². The van der Waals surface area contributed by atoms with Crippen LogP contribution >= 0.6 is 0 Å². The molecule has 1 aromatic carbocycles. The van der Waals surface area contributed by atoms with Crippen LogP contribution in [-0.4, -0.2) is 25.2 Å². The Kier molecular flexibility index (Phi) is 4.55. The lowest BCUT2D eigenvalue weighted by Crippen LogP contribution is -2.41. The Balaban J connectivity index is 1.65. The molecule has 1 aliphatic rings. The number of urea groups is 1. The van der Waals surface area contributed by atoms with Crippen molar-refractivity contribution < 1.29 is 14.3 Å². The maximum atomic E-state index is 12.2. The number of ether oxygens (including phenoxy) is 2. The Morgan fingerprint density at radius 3 is 2.46 bits per heavy atom. The van der Waals surface area contributed by atoms with Gasteiger partial charge in [-0.05, 0) is 48.2 Å². The summed E-state index contributed by atoms with van der Waals surface area (Å²) in [5.74, 6) is 1.35. The van der Waals surface area contributed by atoms with Gasteiger partial charge in [-0.2, -0.15) is 0 Å². The Hall–Kier alpha value is -2.76. The van der Waals surface area contributed by atoms with E-state index < -0.39 is 0 Å². The lowest BCUT2D eigenvalue weighted by molar-refractivity contribution is 0.235. The molecule has 2 aromatic rings. The van der Waals surface area contributed by atoms with E-state index in [9.17, 15) is 4.79 Å². The number of methoxy groups -OCH3 is 2. The van der Waals surface area contributed by atoms with Gasteiger partial charge in [-0.1, -0.05) is 6.07 Å². The van der Waals surface area contributed by atoms with Crippen molar-refractivity contribution in [1.29, 1.82) is 0 Å². The second-order valence-electron chi connectivity index (χ2n) is 5.82. The minimum atomic E-state index is -0.318. The summed E-state index contributed by atoms with van der Waals surface area (Å²) in [4.78, 5) is 16.2. The highest BCUT2D eigenvalue weighted by atomic mass is 16.5. The summed E-state index contributed by atoms with van der Waals surface area (Å²) in [6, 6.07) is 9.33. The van der Waals surface area contributed by atoms with Crippen LogP contribution in [0.5, 0.6) is 11.5 Å². The number of hydrogen-bond donors (Lipinski definition) is 2. The van der Waals surface area contributed by atoms with Crippen LogP contribution in [0.4, 0.5) is 4.79 Å². The Labute approximate surface area is 141 Å². The molecule has 1 aromatic heterocycles. The number of carbonyl (C=O) groups is 1. The molecule has 0 bridgehead atoms. The van der Waals surface area contributed by atoms with Crippen LogP contribution in [0, 0.1) is 0 Å². The zero-order valence-corrected chi connectivity index (χ0v) is 13.8. The molecule has 2 N–H and O–H groups in total. The quantitative estimate of drug-likeness (QED) is 0.855. The van der Waals surface area contributed by atoms with Gasteiger partial charge in [0.05, 0.1) is 19.8 Å². The first-order chi connectivity index (χ1) is 11.7. The first kappa shape index (κ1) is 16.1. The lowest BCUT2D eigenvalue weighted by atomic mass is 10.0. The Morgan fingerprint density at radius 1 is 1.12 bits per heavy atom. The number of rotatable bonds is 6. The number of benzene rings is 1. The van der Waals surface area contributed by atoms with Gasteiger partial charge in [0, 0.05) is 18.9 Å². The summed E-state index contributed by atoms with van der Waals surface area (Å²) < 4.78 is 10.6. The average Bonchev–Trinajstić information content (AvgIpc) is 3.41. The van der Waals surface area contributed by atoms with E-state index in [1.54, 1.807) is 26.6 Å². The molecule has 6 nitrogen and oxygen atoms in total. The van der Waals surface area contributed by atoms with E-state index in [0.29, 0.717) is 18.0 Å². The van der Waals surface area contributed by atoms with E-state index in [1.807, 2.05) is 30.3 Å². The molecule has 0 unspecified atom stereocenters. The predicted octanol–water partition coefficient (Wildman–Crippen LogP) is 2.59. The molecule has 1 saturated carbocycles. The predicted molar refractivity (Wildman–Crippen MR) is 90.1 cm³/mol. The van der Waals surface area contributed by atoms with Crippen molar-refractivity contribution in [2.75, 3.05) is 14.2 Å². The van der Waals surface area contributed by atoms with Crippen LogP contribution in [0.2, 0.25) is 0 Å². The normalized spacial score (nSPS) is 14.6. The molecule has 1 aliphatic carbocycles. The Morgan fingerprint density at radius 2 is 1.83 bits per heavy atom. The van der Waals surface area contributed by atoms with Crippen molar-refractivity contribution in [1.82, 2.24) is 15.6 Å². The lowest BCUT2D eigenvalue weighted by Gasteiger charge is -2.20. The van der Waals surface area contributed by atoms with Crippen molar-refractivity contribution in [2.24, 2.45) is 0 Å². The van der Waals surface area contributed by atoms with Crippen LogP contribution in [-0.2, 0) is 12.1 Å². The zero-order chi connectivity index (χ0) is 17.0. The SMILES string of the molecule is COc1ccc(C2(NC(=O)NCc3ccncc3)CC2)cc1OC. The maximum absolute atomic E-state index is 12.2. The molecular weight excluding hydrogens is 306 g/mol. The summed E-state index contributed by atoms with van der Waals surface area (Å²) in [6.07, 6.45) is 5.23. The van der Waals surface area contributed by atoms with Crippen LogP contribution < -0.4 is 20.1 Å². The smallest absolute Gasteiger partial charge is 0.315 e. The summed E-state index contributed by atoms with van der Waals surface area (Å²) in [5, 5.41) is 5.96. The van der Waals surface area contributed by atoms with Gasteiger partial charge >= 0.3 is 6.03 Å². The van der Waals surface area contributed by atoms with Gasteiger partial charge in [-0.3, -0.25) is 4.98 Å². The number of aromatic nitrogens is 1. The molecule has 6 heteroatoms. The van der Waals surface area contributed by atoms with Crippen LogP contribution in [0.1, 0.15) is 24.0 Å². The van der Waals surface area contributed by atoms with Crippen molar-refractivity contribution in [2.45, 2.75) is 24.9 Å². The van der Waals surface area contributed by atoms with Crippen LogP contribution in [0.25, 0.3) is 0 Å². The molecule has 0 atom stereocenters. The summed E-state index contributed by atoms with van der Waals surface area (Å²) >= 11 is 0. The monoisotopic (exact) mass is 327 g/mol. The van der Waals surface area contributed by atoms with Crippen molar-refractivity contribution in [3.63, 3.8) is 0 Å². The summed E-state index contributed by atoms with van der Waals surface area (Å²) in [7, 11) is 3.21. The number of amides is 2. The molecule has 0 aliphatic heterocycles. The van der Waals surface area contributed by atoms with Crippen molar-refractivity contribution in [3.05, 3.63) is 53.9 Å². The van der Waals surface area contributed by atoms with Gasteiger partial charge in [0.15, 0.2) is 11.5 Å². The minimum absolute atomic E-state index is 0.181. The topological polar surface area (TPSA) is 72.5 Å². The highest BCUT2D eigenvalue weighted by molar-refractivity contribution is 5.75. The van der Waals surface area contributed by atoms with Gasteiger partial charge in [-0.15, -0.1) is 0 Å². The molecule has 0 radical (unpaired) electrons. The van der Waals surface area contributed by atoms with Gasteiger partial charge in [-0.25, -0.2) is 4.79 Å². The van der Waals surface area contributed by atoms with E-state index >= 15 is 0 Å². The molecule has 1 heterocycles. The van der Waals surface area contributed by atoms with E-state index in [0.717, 1.165) is 24.0 Å². The van der Waals surface area contributed by atoms with E-state index in [2.05, 4.69) is 15.6 Å². The fourth-order valence-corrected chi connectivity index (χ4v) is 2.69. The third kappa shape index (κ3) is 3.42. The van der Waals surface area contributed by atoms with Crippen LogP contribution in [0.15, 0.2) is 42.7 Å². The number of nitrogens with zero attached hydrogens (tertiary/aromatic N) is 1. The third-order valence-electron chi connectivity index (χ3n) is 4.24.